The molecule has 1 amide bonds. The van der Waals surface area contributed by atoms with Crippen molar-refractivity contribution in [3.05, 3.63) is 30.3 Å². The summed E-state index contributed by atoms with van der Waals surface area (Å²) < 4.78 is 0. The van der Waals surface area contributed by atoms with Gasteiger partial charge in [0.2, 0.25) is 5.91 Å². The minimum atomic E-state index is 0.212. The van der Waals surface area contributed by atoms with Crippen LogP contribution in [0.3, 0.4) is 0 Å². The van der Waals surface area contributed by atoms with E-state index >= 15 is 0 Å². The first kappa shape index (κ1) is 11.5. The summed E-state index contributed by atoms with van der Waals surface area (Å²) in [6, 6.07) is 9.86. The summed E-state index contributed by atoms with van der Waals surface area (Å²) in [4.78, 5) is 14.0. The summed E-state index contributed by atoms with van der Waals surface area (Å²) in [5.41, 5.74) is 0.989. The number of benzene rings is 1. The van der Waals surface area contributed by atoms with E-state index in [4.69, 9.17) is 0 Å². The highest BCUT2D eigenvalue weighted by atomic mass is 32.2. The number of rotatable bonds is 2. The number of carbonyl (C=O) groups is 1. The van der Waals surface area contributed by atoms with Crippen molar-refractivity contribution >= 4 is 23.4 Å². The van der Waals surface area contributed by atoms with Crippen LogP contribution in [0, 0.1) is 5.92 Å². The largest absolute Gasteiger partial charge is 0.315 e. The maximum Gasteiger partial charge on any atom is 0.230 e. The first-order chi connectivity index (χ1) is 7.79. The Kier molecular flexibility index (Phi) is 3.88. The second-order valence-corrected chi connectivity index (χ2v) is 5.30. The van der Waals surface area contributed by atoms with E-state index in [1.807, 2.05) is 49.1 Å². The highest BCUT2D eigenvalue weighted by molar-refractivity contribution is 7.99. The Balaban J connectivity index is 2.04. The minimum Gasteiger partial charge on any atom is -0.315 e. The van der Waals surface area contributed by atoms with Crippen molar-refractivity contribution in [2.75, 3.05) is 23.5 Å². The van der Waals surface area contributed by atoms with Gasteiger partial charge in [0.15, 0.2) is 0 Å². The molecular formula is C13H17NOS. The lowest BCUT2D eigenvalue weighted by Gasteiger charge is -2.26. The van der Waals surface area contributed by atoms with Gasteiger partial charge in [0.1, 0.15) is 0 Å². The Hall–Kier alpha value is -0.960. The first-order valence-corrected chi connectivity index (χ1v) is 6.85. The van der Waals surface area contributed by atoms with Crippen molar-refractivity contribution in [1.29, 1.82) is 0 Å². The van der Waals surface area contributed by atoms with Gasteiger partial charge in [0, 0.05) is 24.4 Å². The topological polar surface area (TPSA) is 20.3 Å². The van der Waals surface area contributed by atoms with Crippen LogP contribution in [0.1, 0.15) is 12.8 Å². The summed E-state index contributed by atoms with van der Waals surface area (Å²) in [6.45, 7) is 0. The van der Waals surface area contributed by atoms with Crippen LogP contribution in [-0.4, -0.2) is 24.5 Å². The number of hydrogen-bond donors (Lipinski definition) is 0. The van der Waals surface area contributed by atoms with Crippen molar-refractivity contribution in [2.45, 2.75) is 12.8 Å². The van der Waals surface area contributed by atoms with Gasteiger partial charge in [-0.3, -0.25) is 4.79 Å². The van der Waals surface area contributed by atoms with Gasteiger partial charge in [-0.1, -0.05) is 18.2 Å². The lowest BCUT2D eigenvalue weighted by molar-refractivity contribution is -0.121. The number of para-hydroxylation sites is 1. The molecule has 0 radical (unpaired) electrons. The maximum atomic E-state index is 12.2. The number of amides is 1. The van der Waals surface area contributed by atoms with Crippen LogP contribution in [0.15, 0.2) is 30.3 Å². The van der Waals surface area contributed by atoms with Gasteiger partial charge in [-0.2, -0.15) is 11.8 Å². The standard InChI is InChI=1S/C13H17NOS/c1-14(12-7-3-2-4-8-12)13(15)11-6-5-9-16-10-11/h2-4,7-8,11H,5-6,9-10H2,1H3. The highest BCUT2D eigenvalue weighted by Gasteiger charge is 2.24. The average molecular weight is 235 g/mol. The van der Waals surface area contributed by atoms with Crippen molar-refractivity contribution in [3.8, 4) is 0 Å². The van der Waals surface area contributed by atoms with Crippen LogP contribution in [0.5, 0.6) is 0 Å². The van der Waals surface area contributed by atoms with Gasteiger partial charge in [0.05, 0.1) is 0 Å². The molecule has 0 bridgehead atoms. The van der Waals surface area contributed by atoms with Crippen LogP contribution < -0.4 is 4.90 Å². The van der Waals surface area contributed by atoms with Crippen molar-refractivity contribution in [2.24, 2.45) is 5.92 Å². The molecule has 1 atom stereocenters. The van der Waals surface area contributed by atoms with E-state index in [1.165, 1.54) is 12.2 Å². The minimum absolute atomic E-state index is 0.212. The van der Waals surface area contributed by atoms with Crippen LogP contribution in [0.2, 0.25) is 0 Å². The zero-order valence-electron chi connectivity index (χ0n) is 9.56. The molecule has 1 aromatic rings. The Bertz CT molecular complexity index is 346. The van der Waals surface area contributed by atoms with Gasteiger partial charge in [0.25, 0.3) is 0 Å². The molecule has 1 aliphatic rings. The molecule has 0 N–H and O–H groups in total. The van der Waals surface area contributed by atoms with Crippen molar-refractivity contribution in [1.82, 2.24) is 0 Å². The van der Waals surface area contributed by atoms with Crippen molar-refractivity contribution < 1.29 is 4.79 Å². The van der Waals surface area contributed by atoms with E-state index < -0.39 is 0 Å². The Labute approximate surface area is 101 Å². The molecule has 0 saturated carbocycles. The summed E-state index contributed by atoms with van der Waals surface area (Å²) in [6.07, 6.45) is 2.21. The lowest BCUT2D eigenvalue weighted by Crippen LogP contribution is -2.35. The molecule has 1 fully saturated rings. The zero-order chi connectivity index (χ0) is 11.4. The predicted molar refractivity (Wildman–Crippen MR) is 69.9 cm³/mol. The fourth-order valence-electron chi connectivity index (χ4n) is 1.99. The van der Waals surface area contributed by atoms with E-state index in [9.17, 15) is 4.79 Å². The smallest absolute Gasteiger partial charge is 0.230 e. The highest BCUT2D eigenvalue weighted by Crippen LogP contribution is 2.25. The molecule has 1 saturated heterocycles. The number of nitrogens with zero attached hydrogens (tertiary/aromatic N) is 1. The second kappa shape index (κ2) is 5.39. The van der Waals surface area contributed by atoms with Gasteiger partial charge >= 0.3 is 0 Å². The Morgan fingerprint density at radius 3 is 2.75 bits per heavy atom. The molecule has 1 aromatic carbocycles. The molecule has 0 aromatic heterocycles. The van der Waals surface area contributed by atoms with Gasteiger partial charge in [-0.25, -0.2) is 0 Å². The van der Waals surface area contributed by atoms with Crippen molar-refractivity contribution in [3.63, 3.8) is 0 Å². The van der Waals surface area contributed by atoms with Crippen LogP contribution >= 0.6 is 11.8 Å². The molecule has 0 aliphatic carbocycles. The average Bonchev–Trinajstić information content (AvgIpc) is 2.39. The predicted octanol–water partition coefficient (Wildman–Crippen LogP) is 2.79. The third-order valence-electron chi connectivity index (χ3n) is 2.98. The summed E-state index contributed by atoms with van der Waals surface area (Å²) >= 11 is 1.90. The molecule has 3 heteroatoms. The SMILES string of the molecule is CN(C(=O)C1CCCSC1)c1ccccc1. The number of hydrogen-bond acceptors (Lipinski definition) is 2. The van der Waals surface area contributed by atoms with E-state index in [-0.39, 0.29) is 11.8 Å². The summed E-state index contributed by atoms with van der Waals surface area (Å²) in [5, 5.41) is 0. The number of anilines is 1. The fraction of sp³-hybridized carbons (Fsp3) is 0.462. The molecule has 2 rings (SSSR count). The summed E-state index contributed by atoms with van der Waals surface area (Å²) in [7, 11) is 1.87. The third kappa shape index (κ3) is 2.59. The molecular weight excluding hydrogens is 218 g/mol. The molecule has 2 nitrogen and oxygen atoms in total. The zero-order valence-corrected chi connectivity index (χ0v) is 10.4. The molecule has 1 aliphatic heterocycles. The molecule has 16 heavy (non-hydrogen) atoms. The monoisotopic (exact) mass is 235 g/mol. The molecule has 86 valence electrons. The van der Waals surface area contributed by atoms with Crippen LogP contribution in [0.25, 0.3) is 0 Å². The second-order valence-electron chi connectivity index (χ2n) is 4.15. The quantitative estimate of drug-likeness (QED) is 0.785. The normalized spacial score (nSPS) is 20.4. The molecule has 1 unspecified atom stereocenters. The maximum absolute atomic E-state index is 12.2. The lowest BCUT2D eigenvalue weighted by atomic mass is 10.0. The Morgan fingerprint density at radius 1 is 1.38 bits per heavy atom. The number of thioether (sulfide) groups is 1. The van der Waals surface area contributed by atoms with Crippen LogP contribution in [0.4, 0.5) is 5.69 Å². The van der Waals surface area contributed by atoms with E-state index in [2.05, 4.69) is 0 Å². The fourth-order valence-corrected chi connectivity index (χ4v) is 3.12. The summed E-state index contributed by atoms with van der Waals surface area (Å²) in [5.74, 6) is 2.66. The van der Waals surface area contributed by atoms with Crippen LogP contribution in [-0.2, 0) is 4.79 Å². The van der Waals surface area contributed by atoms with Gasteiger partial charge < -0.3 is 4.90 Å². The van der Waals surface area contributed by atoms with E-state index in [0.29, 0.717) is 0 Å². The number of carbonyl (C=O) groups excluding carboxylic acids is 1. The van der Waals surface area contributed by atoms with Gasteiger partial charge in [-0.15, -0.1) is 0 Å². The first-order valence-electron chi connectivity index (χ1n) is 5.69. The van der Waals surface area contributed by atoms with Gasteiger partial charge in [-0.05, 0) is 30.7 Å². The van der Waals surface area contributed by atoms with E-state index in [1.54, 1.807) is 4.90 Å². The third-order valence-corrected chi connectivity index (χ3v) is 4.20. The van der Waals surface area contributed by atoms with E-state index in [0.717, 1.165) is 17.9 Å². The Morgan fingerprint density at radius 2 is 2.12 bits per heavy atom. The molecule has 0 spiro atoms. The molecule has 1 heterocycles.